The smallest absolute Gasteiger partial charge is 0.229 e. The van der Waals surface area contributed by atoms with Gasteiger partial charge in [-0.2, -0.15) is 0 Å². The number of ether oxygens (including phenoxy) is 1. The van der Waals surface area contributed by atoms with Crippen LogP contribution in [0.1, 0.15) is 11.3 Å². The summed E-state index contributed by atoms with van der Waals surface area (Å²) in [5.41, 5.74) is 2.22. The Kier molecular flexibility index (Phi) is 4.65. The van der Waals surface area contributed by atoms with Crippen molar-refractivity contribution in [3.63, 3.8) is 0 Å². The molecule has 1 amide bonds. The number of amides is 1. The van der Waals surface area contributed by atoms with Gasteiger partial charge in [0.05, 0.1) is 11.6 Å². The van der Waals surface area contributed by atoms with Gasteiger partial charge in [0.15, 0.2) is 0 Å². The number of hydrogen-bond acceptors (Lipinski definition) is 4. The van der Waals surface area contributed by atoms with E-state index in [9.17, 15) is 4.79 Å². The largest absolute Gasteiger partial charge is 0.492 e. The first-order valence-corrected chi connectivity index (χ1v) is 8.91. The molecule has 2 aliphatic heterocycles. The average molecular weight is 337 g/mol. The molecule has 2 aliphatic rings. The molecule has 0 spiro atoms. The molecule has 0 aliphatic carbocycles. The van der Waals surface area contributed by atoms with Crippen LogP contribution in [0.5, 0.6) is 5.75 Å². The van der Waals surface area contributed by atoms with Crippen LogP contribution in [0.2, 0.25) is 0 Å². The number of carbonyl (C=O) groups is 1. The van der Waals surface area contributed by atoms with Gasteiger partial charge in [-0.3, -0.25) is 14.7 Å². The Morgan fingerprint density at radius 1 is 1.08 bits per heavy atom. The van der Waals surface area contributed by atoms with Crippen molar-refractivity contribution in [3.05, 3.63) is 59.9 Å². The Balaban J connectivity index is 1.31. The fourth-order valence-electron chi connectivity index (χ4n) is 3.59. The second-order valence-corrected chi connectivity index (χ2v) is 6.74. The molecular weight excluding hydrogens is 314 g/mol. The number of hydrogen-bond donors (Lipinski definition) is 0. The van der Waals surface area contributed by atoms with Crippen molar-refractivity contribution in [2.45, 2.75) is 13.0 Å². The van der Waals surface area contributed by atoms with Gasteiger partial charge in [0.25, 0.3) is 0 Å². The Hall–Kier alpha value is -2.40. The number of nitrogens with zero attached hydrogens (tertiary/aromatic N) is 3. The van der Waals surface area contributed by atoms with Crippen molar-refractivity contribution >= 4 is 5.91 Å². The maximum absolute atomic E-state index is 12.8. The van der Waals surface area contributed by atoms with Gasteiger partial charge < -0.3 is 9.64 Å². The quantitative estimate of drug-likeness (QED) is 0.859. The molecule has 130 valence electrons. The number of piperazine rings is 1. The second kappa shape index (κ2) is 7.23. The summed E-state index contributed by atoms with van der Waals surface area (Å²) in [5, 5.41) is 0. The van der Waals surface area contributed by atoms with E-state index >= 15 is 0 Å². The number of pyridine rings is 1. The number of benzene rings is 1. The van der Waals surface area contributed by atoms with Crippen LogP contribution in [0, 0.1) is 5.92 Å². The number of rotatable bonds is 3. The third kappa shape index (κ3) is 3.66. The average Bonchev–Trinajstić information content (AvgIpc) is 2.68. The van der Waals surface area contributed by atoms with E-state index in [1.807, 2.05) is 47.5 Å². The van der Waals surface area contributed by atoms with Crippen LogP contribution in [-0.4, -0.2) is 53.5 Å². The van der Waals surface area contributed by atoms with Gasteiger partial charge in [-0.15, -0.1) is 0 Å². The Bertz CT molecular complexity index is 727. The van der Waals surface area contributed by atoms with Crippen molar-refractivity contribution in [3.8, 4) is 5.75 Å². The first kappa shape index (κ1) is 16.1. The lowest BCUT2D eigenvalue weighted by Gasteiger charge is -2.37. The van der Waals surface area contributed by atoms with E-state index in [0.717, 1.165) is 56.2 Å². The first-order valence-electron chi connectivity index (χ1n) is 8.91. The van der Waals surface area contributed by atoms with E-state index in [4.69, 9.17) is 4.74 Å². The van der Waals surface area contributed by atoms with Gasteiger partial charge in [0, 0.05) is 38.9 Å². The fourth-order valence-corrected chi connectivity index (χ4v) is 3.59. The minimum absolute atomic E-state index is 0.0581. The van der Waals surface area contributed by atoms with Crippen molar-refractivity contribution in [2.75, 3.05) is 32.8 Å². The monoisotopic (exact) mass is 337 g/mol. The number of carbonyl (C=O) groups excluding carboxylic acids is 1. The topological polar surface area (TPSA) is 45.7 Å². The normalized spacial score (nSPS) is 20.6. The van der Waals surface area contributed by atoms with Gasteiger partial charge in [-0.1, -0.05) is 24.3 Å². The van der Waals surface area contributed by atoms with Crippen molar-refractivity contribution in [2.24, 2.45) is 5.92 Å². The predicted octanol–water partition coefficient (Wildman–Crippen LogP) is 1.98. The molecule has 1 aromatic carbocycles. The molecule has 2 aromatic rings. The van der Waals surface area contributed by atoms with Gasteiger partial charge in [-0.05, 0) is 30.2 Å². The molecule has 1 fully saturated rings. The van der Waals surface area contributed by atoms with Crippen molar-refractivity contribution < 1.29 is 9.53 Å². The summed E-state index contributed by atoms with van der Waals surface area (Å²) in [6.45, 7) is 4.69. The third-order valence-electron chi connectivity index (χ3n) is 5.02. The van der Waals surface area contributed by atoms with Gasteiger partial charge >= 0.3 is 0 Å². The maximum atomic E-state index is 12.8. The van der Waals surface area contributed by atoms with Crippen molar-refractivity contribution in [1.82, 2.24) is 14.8 Å². The highest BCUT2D eigenvalue weighted by atomic mass is 16.5. The molecule has 0 saturated carbocycles. The Labute approximate surface area is 148 Å². The lowest BCUT2D eigenvalue weighted by molar-refractivity contribution is -0.138. The molecule has 5 heteroatoms. The lowest BCUT2D eigenvalue weighted by atomic mass is 9.95. The summed E-state index contributed by atoms with van der Waals surface area (Å²) in [7, 11) is 0. The summed E-state index contributed by atoms with van der Waals surface area (Å²) in [6.07, 6.45) is 2.61. The molecule has 0 radical (unpaired) electrons. The van der Waals surface area contributed by atoms with Crippen molar-refractivity contribution in [1.29, 1.82) is 0 Å². The zero-order valence-corrected chi connectivity index (χ0v) is 14.3. The zero-order valence-electron chi connectivity index (χ0n) is 14.3. The molecule has 1 atom stereocenters. The molecule has 1 aromatic heterocycles. The highest BCUT2D eigenvalue weighted by Gasteiger charge is 2.31. The molecule has 5 nitrogen and oxygen atoms in total. The highest BCUT2D eigenvalue weighted by molar-refractivity contribution is 5.80. The van der Waals surface area contributed by atoms with Crippen LogP contribution in [0.15, 0.2) is 48.7 Å². The van der Waals surface area contributed by atoms with Crippen LogP contribution < -0.4 is 4.74 Å². The van der Waals surface area contributed by atoms with E-state index < -0.39 is 0 Å². The van der Waals surface area contributed by atoms with Gasteiger partial charge in [0.1, 0.15) is 12.4 Å². The molecule has 4 rings (SSSR count). The molecule has 1 unspecified atom stereocenters. The summed E-state index contributed by atoms with van der Waals surface area (Å²) in [5.74, 6) is 1.09. The zero-order chi connectivity index (χ0) is 17.1. The second-order valence-electron chi connectivity index (χ2n) is 6.74. The predicted molar refractivity (Wildman–Crippen MR) is 95.2 cm³/mol. The van der Waals surface area contributed by atoms with Gasteiger partial charge in [-0.25, -0.2) is 0 Å². The first-order chi connectivity index (χ1) is 12.3. The number of para-hydroxylation sites is 1. The van der Waals surface area contributed by atoms with E-state index in [1.165, 1.54) is 0 Å². The van der Waals surface area contributed by atoms with E-state index in [-0.39, 0.29) is 11.8 Å². The Morgan fingerprint density at radius 2 is 1.88 bits per heavy atom. The molecule has 0 N–H and O–H groups in total. The molecule has 3 heterocycles. The van der Waals surface area contributed by atoms with Crippen LogP contribution in [0.25, 0.3) is 0 Å². The standard InChI is InChI=1S/C20H23N3O2/c24-20(17-13-16-5-1-2-7-19(16)25-15-17)23-11-9-22(10-12-23)14-18-6-3-4-8-21-18/h1-8,17H,9-15H2. The Morgan fingerprint density at radius 3 is 2.68 bits per heavy atom. The minimum atomic E-state index is -0.0581. The summed E-state index contributed by atoms with van der Waals surface area (Å²) in [4.78, 5) is 21.6. The molecule has 25 heavy (non-hydrogen) atoms. The number of fused-ring (bicyclic) bond motifs is 1. The summed E-state index contributed by atoms with van der Waals surface area (Å²) < 4.78 is 5.78. The highest BCUT2D eigenvalue weighted by Crippen LogP contribution is 2.28. The lowest BCUT2D eigenvalue weighted by Crippen LogP contribution is -2.51. The molecule has 0 bridgehead atoms. The van der Waals surface area contributed by atoms with E-state index in [0.29, 0.717) is 6.61 Å². The van der Waals surface area contributed by atoms with Crippen LogP contribution in [0.4, 0.5) is 0 Å². The molecular formula is C20H23N3O2. The fraction of sp³-hybridized carbons (Fsp3) is 0.400. The third-order valence-corrected chi connectivity index (χ3v) is 5.02. The SMILES string of the molecule is O=C(C1COc2ccccc2C1)N1CCN(Cc2ccccn2)CC1. The van der Waals surface area contributed by atoms with Crippen LogP contribution >= 0.6 is 0 Å². The summed E-state index contributed by atoms with van der Waals surface area (Å²) >= 11 is 0. The maximum Gasteiger partial charge on any atom is 0.229 e. The van der Waals surface area contributed by atoms with Gasteiger partial charge in [0.2, 0.25) is 5.91 Å². The molecule has 1 saturated heterocycles. The summed E-state index contributed by atoms with van der Waals surface area (Å²) in [6, 6.07) is 14.0. The van der Waals surface area contributed by atoms with Crippen LogP contribution in [0.3, 0.4) is 0 Å². The number of aromatic nitrogens is 1. The minimum Gasteiger partial charge on any atom is -0.492 e. The van der Waals surface area contributed by atoms with E-state index in [1.54, 1.807) is 0 Å². The van der Waals surface area contributed by atoms with E-state index in [2.05, 4.69) is 16.0 Å². The van der Waals surface area contributed by atoms with Crippen LogP contribution in [-0.2, 0) is 17.8 Å².